The highest BCUT2D eigenvalue weighted by molar-refractivity contribution is 9.10. The molecule has 3 rings (SSSR count). The summed E-state index contributed by atoms with van der Waals surface area (Å²) in [5, 5.41) is 2.99. The molecule has 0 bridgehead atoms. The van der Waals surface area contributed by atoms with Gasteiger partial charge >= 0.3 is 5.97 Å². The molecule has 134 valence electrons. The van der Waals surface area contributed by atoms with Crippen LogP contribution >= 0.6 is 27.7 Å². The van der Waals surface area contributed by atoms with Crippen molar-refractivity contribution in [3.63, 3.8) is 0 Å². The summed E-state index contributed by atoms with van der Waals surface area (Å²) in [6, 6.07) is 3.72. The Kier molecular flexibility index (Phi) is 4.63. The number of cyclic esters (lactones) is 1. The maximum Gasteiger partial charge on any atom is 0.377 e. The first-order valence-corrected chi connectivity index (χ1v) is 9.25. The molecule has 1 saturated heterocycles. The minimum atomic E-state index is -1.05. The molecule has 0 atom stereocenters. The lowest BCUT2D eigenvalue weighted by molar-refractivity contribution is -0.217. The summed E-state index contributed by atoms with van der Waals surface area (Å²) in [5.41, 5.74) is 1.30. The Hall–Kier alpha value is -1.51. The van der Waals surface area contributed by atoms with Crippen LogP contribution in [0.1, 0.15) is 38.1 Å². The van der Waals surface area contributed by atoms with Gasteiger partial charge in [-0.2, -0.15) is 0 Å². The number of carbonyl (C=O) groups is 2. The molecule has 2 aliphatic rings. The van der Waals surface area contributed by atoms with Gasteiger partial charge in [0.05, 0.1) is 21.1 Å². The Morgan fingerprint density at radius 1 is 1.24 bits per heavy atom. The number of benzene rings is 1. The number of carbonyl (C=O) groups excluding carboxylic acids is 2. The zero-order chi connectivity index (χ0) is 18.4. The van der Waals surface area contributed by atoms with E-state index in [4.69, 9.17) is 14.2 Å². The number of ether oxygens (including phenoxy) is 3. The third-order valence-electron chi connectivity index (χ3n) is 3.76. The smallest absolute Gasteiger partial charge is 0.377 e. The Bertz CT molecular complexity index is 787. The predicted octanol–water partition coefficient (Wildman–Crippen LogP) is 4.05. The number of hydrogen-bond acceptors (Lipinski definition) is 7. The zero-order valence-electron chi connectivity index (χ0n) is 14.3. The van der Waals surface area contributed by atoms with E-state index in [1.54, 1.807) is 13.8 Å². The first-order valence-electron chi connectivity index (χ1n) is 7.64. The van der Waals surface area contributed by atoms with Gasteiger partial charge < -0.3 is 19.5 Å². The highest BCUT2D eigenvalue weighted by atomic mass is 79.9. The topological polar surface area (TPSA) is 73.9 Å². The van der Waals surface area contributed by atoms with Gasteiger partial charge in [0.15, 0.2) is 12.6 Å². The Balaban J connectivity index is 1.85. The van der Waals surface area contributed by atoms with E-state index in [0.717, 1.165) is 4.90 Å². The summed E-state index contributed by atoms with van der Waals surface area (Å²) in [7, 11) is 0. The molecule has 8 heteroatoms. The molecule has 0 aliphatic carbocycles. The van der Waals surface area contributed by atoms with Crippen LogP contribution in [0.4, 0.5) is 5.69 Å². The van der Waals surface area contributed by atoms with Crippen molar-refractivity contribution in [3.8, 4) is 0 Å². The zero-order valence-corrected chi connectivity index (χ0v) is 16.7. The molecule has 0 saturated carbocycles. The largest absolute Gasteiger partial charge is 0.458 e. The summed E-state index contributed by atoms with van der Waals surface area (Å²) in [5.74, 6) is -1.61. The number of esters is 1. The number of hydrogen-bond donors (Lipinski definition) is 1. The molecule has 2 heterocycles. The number of rotatable bonds is 2. The van der Waals surface area contributed by atoms with Gasteiger partial charge in [0, 0.05) is 24.3 Å². The first-order chi connectivity index (χ1) is 11.6. The van der Waals surface area contributed by atoms with Gasteiger partial charge in [-0.1, -0.05) is 0 Å². The molecule has 0 amide bonds. The lowest BCUT2D eigenvalue weighted by Crippen LogP contribution is -2.29. The number of halogens is 1. The molecule has 6 nitrogen and oxygen atoms in total. The summed E-state index contributed by atoms with van der Waals surface area (Å²) in [6.45, 7) is 6.97. The molecule has 0 spiro atoms. The summed E-state index contributed by atoms with van der Waals surface area (Å²) in [6.07, 6.45) is 1.40. The second-order valence-corrected chi connectivity index (χ2v) is 9.05. The van der Waals surface area contributed by atoms with E-state index in [9.17, 15) is 9.59 Å². The molecule has 1 fully saturated rings. The average Bonchev–Trinajstić information content (AvgIpc) is 2.64. The molecular weight excluding hydrogens is 410 g/mol. The van der Waals surface area contributed by atoms with Gasteiger partial charge in [-0.25, -0.2) is 4.79 Å². The van der Waals surface area contributed by atoms with Crippen LogP contribution in [0, 0.1) is 0 Å². The van der Waals surface area contributed by atoms with Crippen LogP contribution in [0.5, 0.6) is 0 Å². The van der Waals surface area contributed by atoms with Crippen molar-refractivity contribution < 1.29 is 23.8 Å². The van der Waals surface area contributed by atoms with Crippen molar-refractivity contribution in [3.05, 3.63) is 34.1 Å². The molecule has 1 aromatic rings. The Labute approximate surface area is 158 Å². The number of ketones is 1. The fraction of sp³-hybridized carbons (Fsp3) is 0.412. The molecule has 1 aromatic carbocycles. The summed E-state index contributed by atoms with van der Waals surface area (Å²) < 4.78 is 15.9. The second kappa shape index (κ2) is 6.34. The van der Waals surface area contributed by atoms with Gasteiger partial charge in [-0.3, -0.25) is 4.79 Å². The van der Waals surface area contributed by atoms with Crippen LogP contribution in [-0.4, -0.2) is 29.1 Å². The minimum Gasteiger partial charge on any atom is -0.458 e. The van der Waals surface area contributed by atoms with Gasteiger partial charge in [-0.15, -0.1) is 11.8 Å². The molecule has 2 aliphatic heterocycles. The molecule has 1 N–H and O–H groups in total. The Morgan fingerprint density at radius 3 is 2.68 bits per heavy atom. The van der Waals surface area contributed by atoms with Crippen molar-refractivity contribution in [2.75, 3.05) is 12.1 Å². The van der Waals surface area contributed by atoms with Crippen LogP contribution in [0.3, 0.4) is 0 Å². The highest BCUT2D eigenvalue weighted by Crippen LogP contribution is 2.48. The number of Topliss-reactive ketones (excluding diaryl/α,β-unsaturated/α-hetero) is 1. The number of thioether (sulfide) groups is 1. The normalized spacial score (nSPS) is 22.8. The van der Waals surface area contributed by atoms with Crippen LogP contribution in [0.15, 0.2) is 33.5 Å². The summed E-state index contributed by atoms with van der Waals surface area (Å²) >= 11 is 5.03. The fourth-order valence-electron chi connectivity index (χ4n) is 2.43. The number of nitrogens with one attached hydrogen (secondary N) is 1. The third-order valence-corrected chi connectivity index (χ3v) is 5.84. The van der Waals surface area contributed by atoms with Crippen molar-refractivity contribution in [2.24, 2.45) is 0 Å². The quantitative estimate of drug-likeness (QED) is 0.563. The van der Waals surface area contributed by atoms with Crippen molar-refractivity contribution in [1.29, 1.82) is 0 Å². The van der Waals surface area contributed by atoms with E-state index in [1.165, 1.54) is 18.0 Å². The first kappa shape index (κ1) is 18.3. The lowest BCUT2D eigenvalue weighted by Gasteiger charge is -2.20. The lowest BCUT2D eigenvalue weighted by atomic mass is 10.0. The number of fused-ring (bicyclic) bond motifs is 1. The van der Waals surface area contributed by atoms with Crippen LogP contribution in [0.25, 0.3) is 0 Å². The van der Waals surface area contributed by atoms with E-state index >= 15 is 0 Å². The van der Waals surface area contributed by atoms with Crippen molar-refractivity contribution in [2.45, 2.75) is 43.1 Å². The molecule has 0 unspecified atom stereocenters. The average molecular weight is 428 g/mol. The number of anilines is 1. The second-order valence-electron chi connectivity index (χ2n) is 6.59. The Morgan fingerprint density at radius 2 is 1.96 bits per heavy atom. The maximum atomic E-state index is 12.6. The van der Waals surface area contributed by atoms with Gasteiger partial charge in [0.2, 0.25) is 11.5 Å². The van der Waals surface area contributed by atoms with Crippen molar-refractivity contribution >= 4 is 45.1 Å². The van der Waals surface area contributed by atoms with Crippen LogP contribution in [0.2, 0.25) is 0 Å². The van der Waals surface area contributed by atoms with E-state index in [1.807, 2.05) is 26.0 Å². The summed E-state index contributed by atoms with van der Waals surface area (Å²) in [4.78, 5) is 25.5. The van der Waals surface area contributed by atoms with Crippen molar-refractivity contribution in [1.82, 2.24) is 0 Å². The van der Waals surface area contributed by atoms with Gasteiger partial charge in [0.25, 0.3) is 0 Å². The van der Waals surface area contributed by atoms with E-state index in [-0.39, 0.29) is 18.3 Å². The molecular formula is C17H18BrNO5S. The highest BCUT2D eigenvalue weighted by Gasteiger charge is 2.40. The standard InChI is InChI=1S/C17H18BrNO5S/c1-16(2)14(20)12-11(25-16)6-5-9(13(12)18)19-7-10-15(21)24-17(3,4)23-8-22-10/h5-7,19H,8H2,1-4H3/b10-7-. The van der Waals surface area contributed by atoms with Gasteiger partial charge in [-0.05, 0) is 41.9 Å². The fourth-order valence-corrected chi connectivity index (χ4v) is 4.38. The third kappa shape index (κ3) is 3.56. The molecule has 0 radical (unpaired) electrons. The SMILES string of the molecule is CC1(C)OCO/C(=C\Nc2ccc3c(c2Br)C(=O)C(C)(C)S3)C(=O)O1. The van der Waals surface area contributed by atoms with E-state index in [0.29, 0.717) is 15.7 Å². The minimum absolute atomic E-state index is 0.000921. The van der Waals surface area contributed by atoms with E-state index < -0.39 is 16.5 Å². The van der Waals surface area contributed by atoms with Crippen LogP contribution < -0.4 is 5.32 Å². The monoisotopic (exact) mass is 427 g/mol. The predicted molar refractivity (Wildman–Crippen MR) is 97.3 cm³/mol. The van der Waals surface area contributed by atoms with E-state index in [2.05, 4.69) is 21.2 Å². The van der Waals surface area contributed by atoms with Crippen LogP contribution in [-0.2, 0) is 19.0 Å². The molecule has 25 heavy (non-hydrogen) atoms. The maximum absolute atomic E-state index is 12.6. The molecule has 0 aromatic heterocycles. The van der Waals surface area contributed by atoms with Gasteiger partial charge in [0.1, 0.15) is 0 Å².